The predicted octanol–water partition coefficient (Wildman–Crippen LogP) is 5.25. The maximum atomic E-state index is 13.4. The van der Waals surface area contributed by atoms with E-state index in [1.807, 2.05) is 78.9 Å². The highest BCUT2D eigenvalue weighted by Gasteiger charge is 2.31. The van der Waals surface area contributed by atoms with E-state index in [1.165, 1.54) is 6.92 Å². The summed E-state index contributed by atoms with van der Waals surface area (Å²) in [6.07, 6.45) is 1.69. The van der Waals surface area contributed by atoms with Crippen molar-refractivity contribution in [3.63, 3.8) is 0 Å². The number of nitrogens with zero attached hydrogens (tertiary/aromatic N) is 2. The van der Waals surface area contributed by atoms with Crippen LogP contribution in [0.3, 0.4) is 0 Å². The third kappa shape index (κ3) is 5.96. The van der Waals surface area contributed by atoms with Gasteiger partial charge in [0.1, 0.15) is 6.04 Å². The number of rotatable bonds is 8. The highest BCUT2D eigenvalue weighted by Crippen LogP contribution is 2.26. The van der Waals surface area contributed by atoms with Gasteiger partial charge in [-0.3, -0.25) is 14.7 Å². The second kappa shape index (κ2) is 11.3. The number of aliphatic imine (C=N–C) groups is 1. The first-order chi connectivity index (χ1) is 16.9. The summed E-state index contributed by atoms with van der Waals surface area (Å²) in [6.45, 7) is 2.96. The topological polar surface area (TPSA) is 82.0 Å². The van der Waals surface area contributed by atoms with Gasteiger partial charge >= 0.3 is 5.97 Å². The van der Waals surface area contributed by atoms with Crippen molar-refractivity contribution in [2.45, 2.75) is 38.4 Å². The van der Waals surface area contributed by atoms with E-state index in [0.717, 1.165) is 30.5 Å². The molecule has 0 spiro atoms. The lowest BCUT2D eigenvalue weighted by molar-refractivity contribution is -0.138. The van der Waals surface area contributed by atoms with Gasteiger partial charge in [-0.15, -0.1) is 0 Å². The van der Waals surface area contributed by atoms with Crippen molar-refractivity contribution in [1.82, 2.24) is 4.90 Å². The first-order valence-corrected chi connectivity index (χ1v) is 12.1. The Bertz CT molecular complexity index is 1230. The zero-order chi connectivity index (χ0) is 24.8. The van der Waals surface area contributed by atoms with E-state index < -0.39 is 12.0 Å². The maximum Gasteiger partial charge on any atom is 0.328 e. The van der Waals surface area contributed by atoms with Crippen molar-refractivity contribution in [2.75, 3.05) is 11.9 Å². The Morgan fingerprint density at radius 1 is 1.06 bits per heavy atom. The molecule has 4 rings (SSSR count). The van der Waals surface area contributed by atoms with Crippen LogP contribution in [0.15, 0.2) is 83.9 Å². The molecule has 0 aromatic heterocycles. The van der Waals surface area contributed by atoms with Crippen molar-refractivity contribution in [3.8, 4) is 0 Å². The Kier molecular flexibility index (Phi) is 7.95. The molecule has 6 nitrogen and oxygen atoms in total. The van der Waals surface area contributed by atoms with Crippen molar-refractivity contribution in [1.29, 1.82) is 0 Å². The largest absolute Gasteiger partial charge is 0.480 e. The summed E-state index contributed by atoms with van der Waals surface area (Å²) in [4.78, 5) is 31.6. The number of halogens is 1. The van der Waals surface area contributed by atoms with Crippen LogP contribution >= 0.6 is 11.6 Å². The number of carboxylic acids is 1. The van der Waals surface area contributed by atoms with E-state index in [9.17, 15) is 14.7 Å². The smallest absolute Gasteiger partial charge is 0.328 e. The van der Waals surface area contributed by atoms with Gasteiger partial charge in [-0.2, -0.15) is 0 Å². The second-order valence-corrected chi connectivity index (χ2v) is 9.02. The lowest BCUT2D eigenvalue weighted by atomic mass is 9.99. The van der Waals surface area contributed by atoms with E-state index in [1.54, 1.807) is 0 Å². The molecule has 3 aromatic rings. The standard InChI is InChI=1S/C28H28ClN3O3/c1-19(28(34)35)30-26(20-10-3-2-4-11-20)22-13-6-8-15-24(22)31-27(33)25-16-9-17-32(25)18-21-12-5-7-14-23(21)29/h2-8,10-15,19,25H,9,16-18H2,1H3,(H,31,33)(H,34,35)/t19?,25-/m0/s1. The van der Waals surface area contributed by atoms with Gasteiger partial charge in [0.15, 0.2) is 0 Å². The molecule has 0 saturated carbocycles. The van der Waals surface area contributed by atoms with Gasteiger partial charge in [0, 0.05) is 22.7 Å². The van der Waals surface area contributed by atoms with E-state index in [0.29, 0.717) is 28.5 Å². The molecule has 1 saturated heterocycles. The van der Waals surface area contributed by atoms with E-state index in [4.69, 9.17) is 11.6 Å². The summed E-state index contributed by atoms with van der Waals surface area (Å²) in [5.41, 5.74) is 3.58. The first-order valence-electron chi connectivity index (χ1n) is 11.7. The fourth-order valence-corrected chi connectivity index (χ4v) is 4.51. The van der Waals surface area contributed by atoms with Crippen LogP contribution in [0.25, 0.3) is 0 Å². The second-order valence-electron chi connectivity index (χ2n) is 8.61. The molecule has 2 atom stereocenters. The Hall–Kier alpha value is -3.48. The summed E-state index contributed by atoms with van der Waals surface area (Å²) in [6, 6.07) is 23.3. The summed E-state index contributed by atoms with van der Waals surface area (Å²) in [5.74, 6) is -1.11. The van der Waals surface area contributed by atoms with E-state index >= 15 is 0 Å². The lowest BCUT2D eigenvalue weighted by Crippen LogP contribution is -2.39. The molecule has 1 aliphatic rings. The summed E-state index contributed by atoms with van der Waals surface area (Å²) < 4.78 is 0. The average Bonchev–Trinajstić information content (AvgIpc) is 3.33. The number of carbonyl (C=O) groups is 2. The molecule has 0 radical (unpaired) electrons. The number of amides is 1. The Labute approximate surface area is 210 Å². The van der Waals surface area contributed by atoms with Gasteiger partial charge < -0.3 is 10.4 Å². The predicted molar refractivity (Wildman–Crippen MR) is 139 cm³/mol. The maximum absolute atomic E-state index is 13.4. The molecule has 180 valence electrons. The third-order valence-corrected chi connectivity index (χ3v) is 6.53. The summed E-state index contributed by atoms with van der Waals surface area (Å²) in [5, 5.41) is 13.2. The van der Waals surface area contributed by atoms with Gasteiger partial charge in [-0.25, -0.2) is 4.79 Å². The molecule has 2 N–H and O–H groups in total. The quantitative estimate of drug-likeness (QED) is 0.423. The van der Waals surface area contributed by atoms with E-state index in [2.05, 4.69) is 15.2 Å². The number of benzene rings is 3. The van der Waals surface area contributed by atoms with Crippen LogP contribution in [0, 0.1) is 0 Å². The Morgan fingerprint density at radius 3 is 2.49 bits per heavy atom. The zero-order valence-electron chi connectivity index (χ0n) is 19.5. The molecule has 0 bridgehead atoms. The minimum atomic E-state index is -1.01. The molecule has 1 heterocycles. The monoisotopic (exact) mass is 489 g/mol. The highest BCUT2D eigenvalue weighted by molar-refractivity contribution is 6.31. The van der Waals surface area contributed by atoms with Gasteiger partial charge in [-0.1, -0.05) is 78.3 Å². The van der Waals surface area contributed by atoms with Crippen LogP contribution in [0.1, 0.15) is 36.5 Å². The Balaban J connectivity index is 1.61. The first kappa shape index (κ1) is 24.6. The normalized spacial score (nSPS) is 17.2. The number of para-hydroxylation sites is 1. The number of anilines is 1. The van der Waals surface area contributed by atoms with Crippen LogP contribution in [0.4, 0.5) is 5.69 Å². The molecular formula is C28H28ClN3O3. The van der Waals surface area contributed by atoms with Crippen molar-refractivity contribution < 1.29 is 14.7 Å². The van der Waals surface area contributed by atoms with Gasteiger partial charge in [0.05, 0.1) is 17.4 Å². The van der Waals surface area contributed by atoms with Crippen LogP contribution in [-0.2, 0) is 16.1 Å². The van der Waals surface area contributed by atoms with Gasteiger partial charge in [-0.05, 0) is 44.0 Å². The number of carbonyl (C=O) groups excluding carboxylic acids is 1. The molecule has 0 aliphatic carbocycles. The number of hydrogen-bond acceptors (Lipinski definition) is 4. The lowest BCUT2D eigenvalue weighted by Gasteiger charge is -2.25. The van der Waals surface area contributed by atoms with Gasteiger partial charge in [0.2, 0.25) is 5.91 Å². The molecule has 35 heavy (non-hydrogen) atoms. The number of aliphatic carboxylic acids is 1. The van der Waals surface area contributed by atoms with Crippen LogP contribution < -0.4 is 5.32 Å². The van der Waals surface area contributed by atoms with Crippen molar-refractivity contribution >= 4 is 34.9 Å². The van der Waals surface area contributed by atoms with Crippen LogP contribution in [0.2, 0.25) is 5.02 Å². The molecule has 3 aromatic carbocycles. The molecule has 1 unspecified atom stereocenters. The molecule has 1 aliphatic heterocycles. The van der Waals surface area contributed by atoms with Gasteiger partial charge in [0.25, 0.3) is 0 Å². The minimum absolute atomic E-state index is 0.0966. The van der Waals surface area contributed by atoms with E-state index in [-0.39, 0.29) is 11.9 Å². The minimum Gasteiger partial charge on any atom is -0.480 e. The fraction of sp³-hybridized carbons (Fsp3) is 0.250. The van der Waals surface area contributed by atoms with Crippen molar-refractivity contribution in [3.05, 3.63) is 101 Å². The Morgan fingerprint density at radius 2 is 1.74 bits per heavy atom. The highest BCUT2D eigenvalue weighted by atomic mass is 35.5. The summed E-state index contributed by atoms with van der Waals surface area (Å²) >= 11 is 6.36. The number of likely N-dealkylation sites (tertiary alicyclic amines) is 1. The van der Waals surface area contributed by atoms with Crippen LogP contribution in [-0.4, -0.2) is 46.2 Å². The zero-order valence-corrected chi connectivity index (χ0v) is 20.3. The number of carboxylic acid groups (broad SMARTS) is 1. The molecule has 1 amide bonds. The summed E-state index contributed by atoms with van der Waals surface area (Å²) in [7, 11) is 0. The van der Waals surface area contributed by atoms with Crippen LogP contribution in [0.5, 0.6) is 0 Å². The molecular weight excluding hydrogens is 462 g/mol. The average molecular weight is 490 g/mol. The number of hydrogen-bond donors (Lipinski definition) is 2. The van der Waals surface area contributed by atoms with Crippen molar-refractivity contribution in [2.24, 2.45) is 4.99 Å². The fourth-order valence-electron chi connectivity index (χ4n) is 4.32. The molecule has 7 heteroatoms. The molecule has 1 fully saturated rings. The number of nitrogens with one attached hydrogen (secondary N) is 1. The third-order valence-electron chi connectivity index (χ3n) is 6.17. The SMILES string of the molecule is CC(N=C(c1ccccc1)c1ccccc1NC(=O)[C@@H]1CCCN1Cc1ccccc1Cl)C(=O)O.